The van der Waals surface area contributed by atoms with E-state index in [2.05, 4.69) is 0 Å². The van der Waals surface area contributed by atoms with Gasteiger partial charge in [0.05, 0.1) is 4.90 Å². The molecule has 0 spiro atoms. The first-order valence-corrected chi connectivity index (χ1v) is 6.30. The lowest BCUT2D eigenvalue weighted by Crippen LogP contribution is -2.11. The van der Waals surface area contributed by atoms with Crippen molar-refractivity contribution in [3.05, 3.63) is 54.6 Å². The number of primary sulfonamides is 1. The molecule has 0 saturated heterocycles. The normalized spacial score (nSPS) is 10.6. The van der Waals surface area contributed by atoms with E-state index < -0.39 is 10.0 Å². The number of nitrogens with two attached hydrogens (primary N) is 1. The number of benzene rings is 2. The van der Waals surface area contributed by atoms with Gasteiger partial charge in [0.15, 0.2) is 0 Å². The van der Waals surface area contributed by atoms with Gasteiger partial charge in [0, 0.05) is 0 Å². The van der Waals surface area contributed by atoms with Crippen molar-refractivity contribution < 1.29 is 8.42 Å². The summed E-state index contributed by atoms with van der Waals surface area (Å²) in [5.74, 6) is 0. The Hall–Kier alpha value is -1.36. The van der Waals surface area contributed by atoms with Crippen LogP contribution < -0.4 is 5.14 Å². The zero-order valence-corrected chi connectivity index (χ0v) is 10.5. The molecule has 0 aromatic heterocycles. The van der Waals surface area contributed by atoms with Gasteiger partial charge < -0.3 is 0 Å². The first kappa shape index (κ1) is 13.7. The minimum atomic E-state index is -3.63. The fourth-order valence-corrected chi connectivity index (χ4v) is 2.04. The fraction of sp³-hybridized carbons (Fsp3) is 0. The lowest BCUT2D eigenvalue weighted by atomic mass is 10.1. The van der Waals surface area contributed by atoms with Crippen molar-refractivity contribution in [1.29, 1.82) is 0 Å². The highest BCUT2D eigenvalue weighted by Gasteiger charge is 2.08. The molecule has 0 heterocycles. The summed E-state index contributed by atoms with van der Waals surface area (Å²) in [7, 11) is -3.63. The third-order valence-corrected chi connectivity index (χ3v) is 3.18. The standard InChI is InChI=1S/C12H11NO2S.ClH/c13-16(14,15)12-8-4-7-11(9-12)10-5-2-1-3-6-10;/h1-9H,(H2,13,14,15);1H. The monoisotopic (exact) mass is 269 g/mol. The van der Waals surface area contributed by atoms with Gasteiger partial charge >= 0.3 is 0 Å². The second kappa shape index (κ2) is 5.31. The van der Waals surface area contributed by atoms with Gasteiger partial charge in [-0.15, -0.1) is 12.4 Å². The molecule has 0 atom stereocenters. The second-order valence-corrected chi connectivity index (χ2v) is 5.00. The van der Waals surface area contributed by atoms with Gasteiger partial charge in [0.2, 0.25) is 10.0 Å². The van der Waals surface area contributed by atoms with E-state index in [1.165, 1.54) is 6.07 Å². The first-order chi connectivity index (χ1) is 7.57. The van der Waals surface area contributed by atoms with Crippen LogP contribution in [0.15, 0.2) is 59.5 Å². The van der Waals surface area contributed by atoms with Crippen LogP contribution in [0, 0.1) is 0 Å². The predicted octanol–water partition coefficient (Wildman–Crippen LogP) is 2.42. The van der Waals surface area contributed by atoms with Crippen molar-refractivity contribution in [2.45, 2.75) is 4.90 Å². The third-order valence-electron chi connectivity index (χ3n) is 2.27. The molecule has 0 bridgehead atoms. The molecule has 0 fully saturated rings. The topological polar surface area (TPSA) is 60.2 Å². The summed E-state index contributed by atoms with van der Waals surface area (Å²) in [6.45, 7) is 0. The maximum absolute atomic E-state index is 11.2. The molecule has 0 amide bonds. The summed E-state index contributed by atoms with van der Waals surface area (Å²) in [6, 6.07) is 16.1. The number of sulfonamides is 1. The highest BCUT2D eigenvalue weighted by Crippen LogP contribution is 2.21. The summed E-state index contributed by atoms with van der Waals surface area (Å²) >= 11 is 0. The van der Waals surface area contributed by atoms with Crippen LogP contribution in [0.5, 0.6) is 0 Å². The van der Waals surface area contributed by atoms with Crippen LogP contribution in [0.25, 0.3) is 11.1 Å². The van der Waals surface area contributed by atoms with E-state index in [1.807, 2.05) is 36.4 Å². The van der Waals surface area contributed by atoms with E-state index in [-0.39, 0.29) is 17.3 Å². The van der Waals surface area contributed by atoms with E-state index in [1.54, 1.807) is 12.1 Å². The van der Waals surface area contributed by atoms with E-state index in [9.17, 15) is 8.42 Å². The zero-order chi connectivity index (χ0) is 11.6. The summed E-state index contributed by atoms with van der Waals surface area (Å²) in [5, 5.41) is 5.08. The van der Waals surface area contributed by atoms with E-state index >= 15 is 0 Å². The molecule has 2 N–H and O–H groups in total. The molecule has 0 unspecified atom stereocenters. The van der Waals surface area contributed by atoms with Gasteiger partial charge in [-0.1, -0.05) is 42.5 Å². The van der Waals surface area contributed by atoms with Crippen LogP contribution in [0.3, 0.4) is 0 Å². The molecular formula is C12H12ClNO2S. The highest BCUT2D eigenvalue weighted by molar-refractivity contribution is 7.89. The summed E-state index contributed by atoms with van der Waals surface area (Å²) in [6.07, 6.45) is 0. The molecule has 90 valence electrons. The summed E-state index contributed by atoms with van der Waals surface area (Å²) in [5.41, 5.74) is 1.81. The lowest BCUT2D eigenvalue weighted by molar-refractivity contribution is 0.598. The molecular weight excluding hydrogens is 258 g/mol. The lowest BCUT2D eigenvalue weighted by Gasteiger charge is -2.03. The molecule has 0 aliphatic heterocycles. The number of hydrogen-bond acceptors (Lipinski definition) is 2. The van der Waals surface area contributed by atoms with Gasteiger partial charge in [-0.3, -0.25) is 0 Å². The Kier molecular flexibility index (Phi) is 4.28. The van der Waals surface area contributed by atoms with Crippen LogP contribution in [-0.4, -0.2) is 8.42 Å². The smallest absolute Gasteiger partial charge is 0.225 e. The van der Waals surface area contributed by atoms with Crippen molar-refractivity contribution in [1.82, 2.24) is 0 Å². The fourth-order valence-electron chi connectivity index (χ4n) is 1.48. The Morgan fingerprint density at radius 3 is 2.00 bits per heavy atom. The largest absolute Gasteiger partial charge is 0.238 e. The molecule has 0 aliphatic rings. The molecule has 0 radical (unpaired) electrons. The minimum absolute atomic E-state index is 0. The summed E-state index contributed by atoms with van der Waals surface area (Å²) < 4.78 is 22.4. The van der Waals surface area contributed by atoms with E-state index in [4.69, 9.17) is 5.14 Å². The second-order valence-electron chi connectivity index (χ2n) is 3.44. The predicted molar refractivity (Wildman–Crippen MR) is 70.5 cm³/mol. The number of halogens is 1. The minimum Gasteiger partial charge on any atom is -0.225 e. The molecule has 17 heavy (non-hydrogen) atoms. The molecule has 2 rings (SSSR count). The van der Waals surface area contributed by atoms with Crippen molar-refractivity contribution in [3.8, 4) is 11.1 Å². The Morgan fingerprint density at radius 2 is 1.41 bits per heavy atom. The number of hydrogen-bond donors (Lipinski definition) is 1. The van der Waals surface area contributed by atoms with E-state index in [0.717, 1.165) is 11.1 Å². The SMILES string of the molecule is Cl.NS(=O)(=O)c1cccc(-c2ccccc2)c1. The number of rotatable bonds is 2. The zero-order valence-electron chi connectivity index (χ0n) is 8.91. The van der Waals surface area contributed by atoms with Crippen LogP contribution >= 0.6 is 12.4 Å². The highest BCUT2D eigenvalue weighted by atomic mass is 35.5. The molecule has 2 aromatic rings. The van der Waals surface area contributed by atoms with Crippen LogP contribution in [0.2, 0.25) is 0 Å². The van der Waals surface area contributed by atoms with Gasteiger partial charge in [-0.2, -0.15) is 0 Å². The van der Waals surface area contributed by atoms with Crippen LogP contribution in [0.4, 0.5) is 0 Å². The Morgan fingerprint density at radius 1 is 0.824 bits per heavy atom. The van der Waals surface area contributed by atoms with Crippen molar-refractivity contribution in [2.24, 2.45) is 5.14 Å². The Bertz CT molecular complexity index is 597. The average molecular weight is 270 g/mol. The Balaban J connectivity index is 0.00000144. The maximum Gasteiger partial charge on any atom is 0.238 e. The van der Waals surface area contributed by atoms with Gasteiger partial charge in [0.25, 0.3) is 0 Å². The van der Waals surface area contributed by atoms with E-state index in [0.29, 0.717) is 0 Å². The quantitative estimate of drug-likeness (QED) is 0.910. The first-order valence-electron chi connectivity index (χ1n) is 4.76. The molecule has 0 saturated carbocycles. The van der Waals surface area contributed by atoms with Crippen molar-refractivity contribution in [2.75, 3.05) is 0 Å². The van der Waals surface area contributed by atoms with Crippen molar-refractivity contribution in [3.63, 3.8) is 0 Å². The molecule has 3 nitrogen and oxygen atoms in total. The van der Waals surface area contributed by atoms with Gasteiger partial charge in [-0.25, -0.2) is 13.6 Å². The van der Waals surface area contributed by atoms with Gasteiger partial charge in [-0.05, 0) is 23.3 Å². The van der Waals surface area contributed by atoms with Gasteiger partial charge in [0.1, 0.15) is 0 Å². The van der Waals surface area contributed by atoms with Crippen LogP contribution in [-0.2, 0) is 10.0 Å². The average Bonchev–Trinajstić information content (AvgIpc) is 2.29. The summed E-state index contributed by atoms with van der Waals surface area (Å²) in [4.78, 5) is 0.133. The molecule has 0 aliphatic carbocycles. The molecule has 5 heteroatoms. The van der Waals surface area contributed by atoms with Crippen molar-refractivity contribution >= 4 is 22.4 Å². The van der Waals surface area contributed by atoms with Crippen LogP contribution in [0.1, 0.15) is 0 Å². The third kappa shape index (κ3) is 3.30. The molecule has 2 aromatic carbocycles. The Labute approximate surface area is 107 Å². The maximum atomic E-state index is 11.2.